The predicted molar refractivity (Wildman–Crippen MR) is 67.8 cm³/mol. The third-order valence-corrected chi connectivity index (χ3v) is 2.55. The van der Waals surface area contributed by atoms with Gasteiger partial charge in [0.1, 0.15) is 5.69 Å². The topological polar surface area (TPSA) is 92.5 Å². The van der Waals surface area contributed by atoms with E-state index in [0.717, 1.165) is 5.56 Å². The summed E-state index contributed by atoms with van der Waals surface area (Å²) in [5.74, 6) is -0.942. The van der Waals surface area contributed by atoms with Gasteiger partial charge in [-0.2, -0.15) is 0 Å². The van der Waals surface area contributed by atoms with Gasteiger partial charge in [-0.15, -0.1) is 0 Å². The number of aryl methyl sites for hydroxylation is 1. The number of rotatable bonds is 6. The number of carboxylic acids is 1. The minimum atomic E-state index is -0.942. The highest BCUT2D eigenvalue weighted by Gasteiger charge is 2.17. The van der Waals surface area contributed by atoms with Crippen molar-refractivity contribution in [3.8, 4) is 0 Å². The fourth-order valence-corrected chi connectivity index (χ4v) is 1.65. The van der Waals surface area contributed by atoms with Crippen LogP contribution in [0.25, 0.3) is 0 Å². The van der Waals surface area contributed by atoms with Crippen LogP contribution in [0.3, 0.4) is 0 Å². The molecule has 1 aromatic rings. The summed E-state index contributed by atoms with van der Waals surface area (Å²) in [6.45, 7) is 3.59. The van der Waals surface area contributed by atoms with E-state index in [9.17, 15) is 14.9 Å². The Bertz CT molecular complexity index is 459. The zero-order valence-corrected chi connectivity index (χ0v) is 10.3. The molecule has 2 N–H and O–H groups in total. The minimum absolute atomic E-state index is 0.0217. The van der Waals surface area contributed by atoms with Crippen LogP contribution in [0.5, 0.6) is 0 Å². The third-order valence-electron chi connectivity index (χ3n) is 2.55. The number of carbonyl (C=O) groups is 1. The van der Waals surface area contributed by atoms with Gasteiger partial charge in [0, 0.05) is 12.1 Å². The molecule has 0 heterocycles. The van der Waals surface area contributed by atoms with Crippen LogP contribution in [-0.4, -0.2) is 22.0 Å². The molecule has 98 valence electrons. The molecular weight excluding hydrogens is 236 g/mol. The van der Waals surface area contributed by atoms with Crippen molar-refractivity contribution in [1.29, 1.82) is 0 Å². The average Bonchev–Trinajstić information content (AvgIpc) is 2.28. The first-order valence-corrected chi connectivity index (χ1v) is 5.69. The van der Waals surface area contributed by atoms with Gasteiger partial charge in [-0.1, -0.05) is 13.0 Å². The molecule has 0 aliphatic carbocycles. The van der Waals surface area contributed by atoms with Crippen LogP contribution in [0.2, 0.25) is 0 Å². The fraction of sp³-hybridized carbons (Fsp3) is 0.417. The highest BCUT2D eigenvalue weighted by atomic mass is 16.6. The first kappa shape index (κ1) is 14.0. The zero-order chi connectivity index (χ0) is 13.7. The van der Waals surface area contributed by atoms with Crippen molar-refractivity contribution < 1.29 is 14.8 Å². The van der Waals surface area contributed by atoms with E-state index in [1.54, 1.807) is 19.1 Å². The van der Waals surface area contributed by atoms with Crippen molar-refractivity contribution in [3.63, 3.8) is 0 Å². The Morgan fingerprint density at radius 3 is 2.72 bits per heavy atom. The van der Waals surface area contributed by atoms with Gasteiger partial charge < -0.3 is 10.4 Å². The molecule has 18 heavy (non-hydrogen) atoms. The lowest BCUT2D eigenvalue weighted by Crippen LogP contribution is -2.19. The standard InChI is InChI=1S/C12H16N2O4/c1-3-9-4-5-10(11(7-9)14(17)18)13-8(2)6-12(15)16/h4-5,7-8,13H,3,6H2,1-2H3,(H,15,16). The number of aliphatic carboxylic acids is 1. The smallest absolute Gasteiger partial charge is 0.305 e. The molecule has 0 fully saturated rings. The normalized spacial score (nSPS) is 11.9. The molecule has 6 nitrogen and oxygen atoms in total. The van der Waals surface area contributed by atoms with E-state index in [1.807, 2.05) is 6.92 Å². The van der Waals surface area contributed by atoms with Gasteiger partial charge >= 0.3 is 5.97 Å². The van der Waals surface area contributed by atoms with E-state index < -0.39 is 10.9 Å². The molecule has 1 unspecified atom stereocenters. The number of hydrogen-bond acceptors (Lipinski definition) is 4. The van der Waals surface area contributed by atoms with Gasteiger partial charge in [-0.3, -0.25) is 14.9 Å². The Morgan fingerprint density at radius 2 is 2.22 bits per heavy atom. The largest absolute Gasteiger partial charge is 0.481 e. The summed E-state index contributed by atoms with van der Waals surface area (Å²) in [5, 5.41) is 22.4. The summed E-state index contributed by atoms with van der Waals surface area (Å²) in [4.78, 5) is 21.0. The first-order chi connectivity index (χ1) is 8.43. The molecule has 0 bridgehead atoms. The van der Waals surface area contributed by atoms with Gasteiger partial charge in [0.05, 0.1) is 11.3 Å². The molecule has 0 aromatic heterocycles. The molecule has 0 saturated heterocycles. The van der Waals surface area contributed by atoms with Gasteiger partial charge in [-0.05, 0) is 25.0 Å². The highest BCUT2D eigenvalue weighted by molar-refractivity contribution is 5.69. The zero-order valence-electron chi connectivity index (χ0n) is 10.3. The molecule has 1 aromatic carbocycles. The molecule has 0 spiro atoms. The van der Waals surface area contributed by atoms with E-state index >= 15 is 0 Å². The van der Waals surface area contributed by atoms with Crippen molar-refractivity contribution in [1.82, 2.24) is 0 Å². The number of nitrogens with zero attached hydrogens (tertiary/aromatic N) is 1. The van der Waals surface area contributed by atoms with Gasteiger partial charge in [0.2, 0.25) is 0 Å². The second kappa shape index (κ2) is 6.00. The summed E-state index contributed by atoms with van der Waals surface area (Å²) in [7, 11) is 0. The summed E-state index contributed by atoms with van der Waals surface area (Å²) >= 11 is 0. The predicted octanol–water partition coefficient (Wildman–Crippen LogP) is 2.43. The van der Waals surface area contributed by atoms with E-state index in [1.165, 1.54) is 6.07 Å². The monoisotopic (exact) mass is 252 g/mol. The fourth-order valence-electron chi connectivity index (χ4n) is 1.65. The molecular formula is C12H16N2O4. The lowest BCUT2D eigenvalue weighted by molar-refractivity contribution is -0.384. The van der Waals surface area contributed by atoms with E-state index in [0.29, 0.717) is 12.1 Å². The number of anilines is 1. The summed E-state index contributed by atoms with van der Waals surface area (Å²) < 4.78 is 0. The molecule has 1 atom stereocenters. The van der Waals surface area contributed by atoms with Crippen LogP contribution in [-0.2, 0) is 11.2 Å². The van der Waals surface area contributed by atoms with Crippen molar-refractivity contribution >= 4 is 17.3 Å². The summed E-state index contributed by atoms with van der Waals surface area (Å²) in [6.07, 6.45) is 0.623. The molecule has 0 saturated carbocycles. The average molecular weight is 252 g/mol. The second-order valence-corrected chi connectivity index (χ2v) is 4.11. The summed E-state index contributed by atoms with van der Waals surface area (Å²) in [6, 6.07) is 4.56. The van der Waals surface area contributed by atoms with Crippen molar-refractivity contribution in [2.75, 3.05) is 5.32 Å². The van der Waals surface area contributed by atoms with E-state index in [2.05, 4.69) is 5.32 Å². The number of benzene rings is 1. The Labute approximate surface area is 105 Å². The van der Waals surface area contributed by atoms with Crippen LogP contribution < -0.4 is 5.32 Å². The SMILES string of the molecule is CCc1ccc(NC(C)CC(=O)O)c([N+](=O)[O-])c1. The Kier molecular flexibility index (Phi) is 4.65. The number of nitrogens with one attached hydrogen (secondary N) is 1. The van der Waals surface area contributed by atoms with Crippen LogP contribution in [0.1, 0.15) is 25.8 Å². The maximum Gasteiger partial charge on any atom is 0.305 e. The molecule has 0 aliphatic heterocycles. The van der Waals surface area contributed by atoms with Crippen molar-refractivity contribution in [2.24, 2.45) is 0 Å². The van der Waals surface area contributed by atoms with E-state index in [-0.39, 0.29) is 18.2 Å². The highest BCUT2D eigenvalue weighted by Crippen LogP contribution is 2.26. The molecule has 1 rings (SSSR count). The maximum absolute atomic E-state index is 10.9. The van der Waals surface area contributed by atoms with Crippen LogP contribution in [0.4, 0.5) is 11.4 Å². The van der Waals surface area contributed by atoms with Crippen molar-refractivity contribution in [2.45, 2.75) is 32.7 Å². The number of nitro benzene ring substituents is 1. The van der Waals surface area contributed by atoms with E-state index in [4.69, 9.17) is 5.11 Å². The molecule has 6 heteroatoms. The molecule has 0 radical (unpaired) electrons. The van der Waals surface area contributed by atoms with Crippen LogP contribution >= 0.6 is 0 Å². The second-order valence-electron chi connectivity index (χ2n) is 4.11. The lowest BCUT2D eigenvalue weighted by Gasteiger charge is -2.13. The third kappa shape index (κ3) is 3.73. The number of hydrogen-bond donors (Lipinski definition) is 2. The first-order valence-electron chi connectivity index (χ1n) is 5.69. The number of carboxylic acid groups (broad SMARTS) is 1. The van der Waals surface area contributed by atoms with Crippen molar-refractivity contribution in [3.05, 3.63) is 33.9 Å². The maximum atomic E-state index is 10.9. The van der Waals surface area contributed by atoms with Crippen LogP contribution in [0, 0.1) is 10.1 Å². The van der Waals surface area contributed by atoms with Gasteiger partial charge in [-0.25, -0.2) is 0 Å². The summed E-state index contributed by atoms with van der Waals surface area (Å²) in [5.41, 5.74) is 1.20. The molecule has 0 aliphatic rings. The number of nitro groups is 1. The molecule has 0 amide bonds. The minimum Gasteiger partial charge on any atom is -0.481 e. The Morgan fingerprint density at radius 1 is 1.56 bits per heavy atom. The van der Waals surface area contributed by atoms with Crippen LogP contribution in [0.15, 0.2) is 18.2 Å². The van der Waals surface area contributed by atoms with Gasteiger partial charge in [0.15, 0.2) is 0 Å². The quantitative estimate of drug-likeness (QED) is 0.599. The van der Waals surface area contributed by atoms with Gasteiger partial charge in [0.25, 0.3) is 5.69 Å². The lowest BCUT2D eigenvalue weighted by atomic mass is 10.1. The Hall–Kier alpha value is -2.11. The Balaban J connectivity index is 2.94.